The van der Waals surface area contributed by atoms with Crippen LogP contribution in [0.25, 0.3) is 0 Å². The molecule has 1 aliphatic carbocycles. The van der Waals surface area contributed by atoms with Crippen molar-refractivity contribution < 1.29 is 13.5 Å². The van der Waals surface area contributed by atoms with Gasteiger partial charge in [-0.05, 0) is 44.4 Å². The van der Waals surface area contributed by atoms with Gasteiger partial charge in [-0.3, -0.25) is 0 Å². The summed E-state index contributed by atoms with van der Waals surface area (Å²) in [6, 6.07) is 4.70. The molecule has 0 heterocycles. The number of unbranched alkanes of at least 4 members (excludes halogenated alkanes) is 1. The van der Waals surface area contributed by atoms with Crippen molar-refractivity contribution >= 4 is 0 Å². The summed E-state index contributed by atoms with van der Waals surface area (Å²) < 4.78 is 31.2. The minimum Gasteiger partial charge on any atom is -0.490 e. The molecule has 0 saturated heterocycles. The summed E-state index contributed by atoms with van der Waals surface area (Å²) in [5, 5.41) is 3.39. The van der Waals surface area contributed by atoms with E-state index in [2.05, 4.69) is 5.32 Å². The van der Waals surface area contributed by atoms with Crippen LogP contribution in [-0.2, 0) is 0 Å². The number of nitrogens with one attached hydrogen (secondary N) is 1. The normalized spacial score (nSPS) is 14.9. The molecular weight excluding hydrogens is 224 g/mol. The van der Waals surface area contributed by atoms with E-state index >= 15 is 0 Å². The van der Waals surface area contributed by atoms with Gasteiger partial charge in [-0.25, -0.2) is 4.39 Å². The molecule has 2 rings (SSSR count). The Morgan fingerprint density at radius 3 is 2.82 bits per heavy atom. The Bertz CT molecular complexity index is 366. The average Bonchev–Trinajstić information content (AvgIpc) is 3.12. The summed E-state index contributed by atoms with van der Waals surface area (Å²) in [7, 11) is 0. The Balaban J connectivity index is 1.61. The van der Waals surface area contributed by atoms with E-state index < -0.39 is 11.6 Å². The first kappa shape index (κ1) is 12.3. The molecule has 0 aromatic heterocycles. The molecule has 1 saturated carbocycles. The lowest BCUT2D eigenvalue weighted by molar-refractivity contribution is 0.286. The lowest BCUT2D eigenvalue weighted by atomic mass is 10.3. The number of hydrogen-bond donors (Lipinski definition) is 1. The zero-order valence-corrected chi connectivity index (χ0v) is 9.72. The lowest BCUT2D eigenvalue weighted by Gasteiger charge is -2.07. The van der Waals surface area contributed by atoms with E-state index in [1.165, 1.54) is 25.0 Å². The van der Waals surface area contributed by atoms with Crippen LogP contribution in [0.1, 0.15) is 25.7 Å². The average molecular weight is 241 g/mol. The second-order valence-electron chi connectivity index (χ2n) is 4.34. The maximum atomic E-state index is 13.2. The first-order chi connectivity index (χ1) is 8.27. The van der Waals surface area contributed by atoms with Crippen molar-refractivity contribution in [2.45, 2.75) is 31.7 Å². The van der Waals surface area contributed by atoms with Gasteiger partial charge in [0.25, 0.3) is 0 Å². The van der Waals surface area contributed by atoms with E-state index in [9.17, 15) is 8.78 Å². The highest BCUT2D eigenvalue weighted by molar-refractivity contribution is 5.24. The molecule has 1 N–H and O–H groups in total. The van der Waals surface area contributed by atoms with Crippen LogP contribution in [0.4, 0.5) is 8.78 Å². The van der Waals surface area contributed by atoms with Gasteiger partial charge in [0.05, 0.1) is 6.61 Å². The summed E-state index contributed by atoms with van der Waals surface area (Å²) in [6.07, 6.45) is 4.40. The van der Waals surface area contributed by atoms with Crippen molar-refractivity contribution in [2.75, 3.05) is 13.2 Å². The van der Waals surface area contributed by atoms with Gasteiger partial charge in [-0.2, -0.15) is 4.39 Å². The maximum absolute atomic E-state index is 13.2. The van der Waals surface area contributed by atoms with E-state index in [0.29, 0.717) is 6.61 Å². The number of rotatable bonds is 7. The predicted molar refractivity (Wildman–Crippen MR) is 62.1 cm³/mol. The van der Waals surface area contributed by atoms with Gasteiger partial charge in [-0.1, -0.05) is 6.07 Å². The number of hydrogen-bond acceptors (Lipinski definition) is 2. The van der Waals surface area contributed by atoms with Crippen LogP contribution in [0.5, 0.6) is 5.75 Å². The number of halogens is 2. The van der Waals surface area contributed by atoms with Crippen LogP contribution in [0, 0.1) is 11.6 Å². The number of ether oxygens (including phenoxy) is 1. The second-order valence-corrected chi connectivity index (χ2v) is 4.34. The monoisotopic (exact) mass is 241 g/mol. The quantitative estimate of drug-likeness (QED) is 0.741. The van der Waals surface area contributed by atoms with Gasteiger partial charge in [0.15, 0.2) is 11.6 Å². The molecule has 0 amide bonds. The fourth-order valence-corrected chi connectivity index (χ4v) is 1.60. The Morgan fingerprint density at radius 1 is 1.24 bits per heavy atom. The second kappa shape index (κ2) is 5.96. The zero-order valence-electron chi connectivity index (χ0n) is 9.72. The molecule has 0 aliphatic heterocycles. The van der Waals surface area contributed by atoms with Crippen LogP contribution in [-0.4, -0.2) is 19.2 Å². The molecule has 4 heteroatoms. The molecule has 0 radical (unpaired) electrons. The van der Waals surface area contributed by atoms with Crippen molar-refractivity contribution in [1.29, 1.82) is 0 Å². The van der Waals surface area contributed by atoms with E-state index in [4.69, 9.17) is 4.74 Å². The number of benzene rings is 1. The van der Waals surface area contributed by atoms with E-state index in [0.717, 1.165) is 31.5 Å². The van der Waals surface area contributed by atoms with Gasteiger partial charge in [-0.15, -0.1) is 0 Å². The molecule has 1 aliphatic rings. The summed E-state index contributed by atoms with van der Waals surface area (Å²) >= 11 is 0. The third-order valence-electron chi connectivity index (χ3n) is 2.76. The van der Waals surface area contributed by atoms with Gasteiger partial charge < -0.3 is 10.1 Å². The fraction of sp³-hybridized carbons (Fsp3) is 0.538. The smallest absolute Gasteiger partial charge is 0.200 e. The molecule has 17 heavy (non-hydrogen) atoms. The molecule has 0 atom stereocenters. The molecular formula is C13H17F2NO. The molecule has 1 fully saturated rings. The standard InChI is InChI=1S/C13H17F2NO/c14-11-4-3-5-12(13(11)15)17-9-2-1-8-16-10-6-7-10/h3-5,10,16H,1-2,6-9H2. The van der Waals surface area contributed by atoms with Gasteiger partial charge >= 0.3 is 0 Å². The summed E-state index contributed by atoms with van der Waals surface area (Å²) in [6.45, 7) is 1.40. The third-order valence-corrected chi connectivity index (χ3v) is 2.76. The van der Waals surface area contributed by atoms with E-state index in [1.807, 2.05) is 0 Å². The SMILES string of the molecule is Fc1cccc(OCCCCNC2CC2)c1F. The predicted octanol–water partition coefficient (Wildman–Crippen LogP) is 2.88. The molecule has 1 aromatic carbocycles. The molecule has 1 aromatic rings. The van der Waals surface area contributed by atoms with Gasteiger partial charge in [0.2, 0.25) is 5.82 Å². The van der Waals surface area contributed by atoms with Crippen molar-refractivity contribution in [3.63, 3.8) is 0 Å². The summed E-state index contributed by atoms with van der Waals surface area (Å²) in [4.78, 5) is 0. The molecule has 2 nitrogen and oxygen atoms in total. The van der Waals surface area contributed by atoms with Crippen molar-refractivity contribution in [3.05, 3.63) is 29.8 Å². The Kier molecular flexibility index (Phi) is 4.31. The summed E-state index contributed by atoms with van der Waals surface area (Å²) in [5.74, 6) is -1.76. The largest absolute Gasteiger partial charge is 0.490 e. The third kappa shape index (κ3) is 3.97. The Hall–Kier alpha value is -1.16. The van der Waals surface area contributed by atoms with Crippen molar-refractivity contribution in [2.24, 2.45) is 0 Å². The van der Waals surface area contributed by atoms with E-state index in [-0.39, 0.29) is 5.75 Å². The van der Waals surface area contributed by atoms with E-state index in [1.54, 1.807) is 0 Å². The zero-order chi connectivity index (χ0) is 12.1. The Morgan fingerprint density at radius 2 is 2.06 bits per heavy atom. The highest BCUT2D eigenvalue weighted by Crippen LogP contribution is 2.20. The van der Waals surface area contributed by atoms with Crippen LogP contribution in [0.15, 0.2) is 18.2 Å². The molecule has 94 valence electrons. The minimum absolute atomic E-state index is 0.000141. The first-order valence-electron chi connectivity index (χ1n) is 6.07. The van der Waals surface area contributed by atoms with Crippen molar-refractivity contribution in [1.82, 2.24) is 5.32 Å². The van der Waals surface area contributed by atoms with Crippen LogP contribution >= 0.6 is 0 Å². The molecule has 0 bridgehead atoms. The molecule has 0 spiro atoms. The lowest BCUT2D eigenvalue weighted by Crippen LogP contribution is -2.18. The van der Waals surface area contributed by atoms with Crippen molar-refractivity contribution in [3.8, 4) is 5.75 Å². The molecule has 0 unspecified atom stereocenters. The van der Waals surface area contributed by atoms with Crippen LogP contribution in [0.2, 0.25) is 0 Å². The highest BCUT2D eigenvalue weighted by Gasteiger charge is 2.19. The Labute approximate surface area is 100.0 Å². The highest BCUT2D eigenvalue weighted by atomic mass is 19.2. The topological polar surface area (TPSA) is 21.3 Å². The van der Waals surface area contributed by atoms with Crippen LogP contribution < -0.4 is 10.1 Å². The van der Waals surface area contributed by atoms with Crippen LogP contribution in [0.3, 0.4) is 0 Å². The maximum Gasteiger partial charge on any atom is 0.200 e. The summed E-state index contributed by atoms with van der Waals surface area (Å²) in [5.41, 5.74) is 0. The van der Waals surface area contributed by atoms with Gasteiger partial charge in [0.1, 0.15) is 0 Å². The van der Waals surface area contributed by atoms with Gasteiger partial charge in [0, 0.05) is 6.04 Å². The fourth-order valence-electron chi connectivity index (χ4n) is 1.60. The first-order valence-corrected chi connectivity index (χ1v) is 6.07. The minimum atomic E-state index is -0.899.